The van der Waals surface area contributed by atoms with E-state index in [0.29, 0.717) is 0 Å². The zero-order chi connectivity index (χ0) is 11.8. The summed E-state index contributed by atoms with van der Waals surface area (Å²) in [6.07, 6.45) is 1.25. The minimum Gasteiger partial charge on any atom is -0.280 e. The quantitative estimate of drug-likeness (QED) is 0.598. The van der Waals surface area contributed by atoms with Crippen LogP contribution in [0.1, 0.15) is 20.3 Å². The highest BCUT2D eigenvalue weighted by atomic mass is 15.5. The fourth-order valence-electron chi connectivity index (χ4n) is 1.83. The van der Waals surface area contributed by atoms with Gasteiger partial charge in [-0.05, 0) is 28.2 Å². The highest BCUT2D eigenvalue weighted by molar-refractivity contribution is 4.59. The predicted octanol–water partition coefficient (Wildman–Crippen LogP) is 0.974. The molecule has 0 spiro atoms. The van der Waals surface area contributed by atoms with E-state index in [1.54, 1.807) is 0 Å². The van der Waals surface area contributed by atoms with Crippen LogP contribution in [0.15, 0.2) is 0 Å². The molecule has 0 aromatic rings. The Labute approximate surface area is 95.4 Å². The second-order valence-corrected chi connectivity index (χ2v) is 4.70. The molecule has 0 aliphatic carbocycles. The van der Waals surface area contributed by atoms with Crippen LogP contribution in [0.3, 0.4) is 0 Å². The van der Waals surface area contributed by atoms with Gasteiger partial charge in [-0.25, -0.2) is 0 Å². The maximum atomic E-state index is 2.31. The summed E-state index contributed by atoms with van der Waals surface area (Å²) in [6, 6.07) is 0. The van der Waals surface area contributed by atoms with Crippen molar-refractivity contribution in [3.8, 4) is 0 Å². The van der Waals surface area contributed by atoms with Gasteiger partial charge in [-0.2, -0.15) is 0 Å². The van der Waals surface area contributed by atoms with Gasteiger partial charge >= 0.3 is 0 Å². The van der Waals surface area contributed by atoms with Crippen LogP contribution in [-0.4, -0.2) is 74.5 Å². The van der Waals surface area contributed by atoms with Crippen molar-refractivity contribution in [2.24, 2.45) is 0 Å². The Kier molecular flexibility index (Phi) is 7.96. The summed E-state index contributed by atoms with van der Waals surface area (Å²) in [5.74, 6) is 0. The molecule has 0 unspecified atom stereocenters. The van der Waals surface area contributed by atoms with Crippen LogP contribution in [0.4, 0.5) is 0 Å². The first-order chi connectivity index (χ1) is 6.99. The van der Waals surface area contributed by atoms with Gasteiger partial charge in [0.15, 0.2) is 0 Å². The van der Waals surface area contributed by atoms with Crippen molar-refractivity contribution >= 4 is 0 Å². The fraction of sp³-hybridized carbons (Fsp3) is 1.00. The molecule has 1 heterocycles. The summed E-state index contributed by atoms with van der Waals surface area (Å²) < 4.78 is 0. The summed E-state index contributed by atoms with van der Waals surface area (Å²) >= 11 is 0. The summed E-state index contributed by atoms with van der Waals surface area (Å²) in [5.41, 5.74) is 0. The first-order valence-corrected chi connectivity index (χ1v) is 5.73. The van der Waals surface area contributed by atoms with E-state index in [1.807, 2.05) is 0 Å². The predicted molar refractivity (Wildman–Crippen MR) is 66.5 cm³/mol. The van der Waals surface area contributed by atoms with Crippen LogP contribution >= 0.6 is 0 Å². The van der Waals surface area contributed by atoms with E-state index >= 15 is 0 Å². The molecule has 0 atom stereocenters. The van der Waals surface area contributed by atoms with Crippen LogP contribution in [0, 0.1) is 0 Å². The number of hydrogen-bond donors (Lipinski definition) is 0. The average molecular weight is 216 g/mol. The number of nitrogens with zero attached hydrogens (tertiary/aromatic N) is 4. The molecule has 1 fully saturated rings. The van der Waals surface area contributed by atoms with Crippen molar-refractivity contribution in [2.75, 3.05) is 54.9 Å². The molecule has 1 aliphatic heterocycles. The average Bonchev–Trinajstić information content (AvgIpc) is 2.00. The molecule has 0 saturated carbocycles. The van der Waals surface area contributed by atoms with E-state index in [2.05, 4.69) is 61.6 Å². The Hall–Kier alpha value is -0.160. The Morgan fingerprint density at radius 3 is 0.867 bits per heavy atom. The Bertz CT molecular complexity index is 112. The fourth-order valence-corrected chi connectivity index (χ4v) is 1.83. The Morgan fingerprint density at radius 1 is 0.600 bits per heavy atom. The highest BCUT2D eigenvalue weighted by Gasteiger charge is 2.13. The SMILES string of the molecule is CCC.CN1CN(C)CN(C)CN(C)C1. The second kappa shape index (κ2) is 8.05. The first-order valence-electron chi connectivity index (χ1n) is 5.73. The van der Waals surface area contributed by atoms with Gasteiger partial charge in [0, 0.05) is 0 Å². The first kappa shape index (κ1) is 14.8. The van der Waals surface area contributed by atoms with Crippen LogP contribution in [0.25, 0.3) is 0 Å². The Balaban J connectivity index is 0.000000583. The maximum absolute atomic E-state index is 2.31. The lowest BCUT2D eigenvalue weighted by Crippen LogP contribution is -2.50. The summed E-state index contributed by atoms with van der Waals surface area (Å²) in [7, 11) is 8.60. The third kappa shape index (κ3) is 7.73. The molecule has 92 valence electrons. The van der Waals surface area contributed by atoms with Crippen molar-refractivity contribution in [3.05, 3.63) is 0 Å². The second-order valence-electron chi connectivity index (χ2n) is 4.70. The lowest BCUT2D eigenvalue weighted by molar-refractivity contribution is 0.0149. The van der Waals surface area contributed by atoms with Gasteiger partial charge in [0.05, 0.1) is 26.7 Å². The molecule has 0 N–H and O–H groups in total. The van der Waals surface area contributed by atoms with E-state index in [0.717, 1.165) is 26.7 Å². The summed E-state index contributed by atoms with van der Waals surface area (Å²) in [5, 5.41) is 0. The summed E-state index contributed by atoms with van der Waals surface area (Å²) in [4.78, 5) is 9.25. The Morgan fingerprint density at radius 2 is 0.733 bits per heavy atom. The van der Waals surface area contributed by atoms with Crippen molar-refractivity contribution in [1.82, 2.24) is 19.6 Å². The molecule has 0 bridgehead atoms. The third-order valence-corrected chi connectivity index (χ3v) is 1.93. The third-order valence-electron chi connectivity index (χ3n) is 1.93. The van der Waals surface area contributed by atoms with Gasteiger partial charge < -0.3 is 0 Å². The van der Waals surface area contributed by atoms with Gasteiger partial charge in [0.25, 0.3) is 0 Å². The standard InChI is InChI=1S/C8H20N4.C3H8/c1-9-5-10(2)7-12(4)8-11(3)6-9;1-3-2/h5-8H2,1-4H3;3H2,1-2H3. The van der Waals surface area contributed by atoms with Crippen LogP contribution in [0.2, 0.25) is 0 Å². The maximum Gasteiger partial charge on any atom is 0.0523 e. The molecule has 0 aromatic carbocycles. The van der Waals surface area contributed by atoms with Gasteiger partial charge in [0.1, 0.15) is 0 Å². The molecular formula is C11H28N4. The van der Waals surface area contributed by atoms with E-state index in [9.17, 15) is 0 Å². The lowest BCUT2D eigenvalue weighted by Gasteiger charge is -2.36. The molecule has 1 saturated heterocycles. The lowest BCUT2D eigenvalue weighted by atomic mass is 10.6. The van der Waals surface area contributed by atoms with Crippen LogP contribution < -0.4 is 0 Å². The van der Waals surface area contributed by atoms with Crippen molar-refractivity contribution in [3.63, 3.8) is 0 Å². The van der Waals surface area contributed by atoms with E-state index in [-0.39, 0.29) is 0 Å². The molecule has 0 aromatic heterocycles. The number of rotatable bonds is 0. The van der Waals surface area contributed by atoms with Gasteiger partial charge in [0.2, 0.25) is 0 Å². The molecule has 4 heteroatoms. The smallest absolute Gasteiger partial charge is 0.0523 e. The van der Waals surface area contributed by atoms with Crippen molar-refractivity contribution < 1.29 is 0 Å². The molecule has 15 heavy (non-hydrogen) atoms. The number of hydrogen-bond acceptors (Lipinski definition) is 4. The molecule has 4 nitrogen and oxygen atoms in total. The molecule has 0 amide bonds. The summed E-state index contributed by atoms with van der Waals surface area (Å²) in [6.45, 7) is 8.40. The van der Waals surface area contributed by atoms with E-state index in [4.69, 9.17) is 0 Å². The minimum atomic E-state index is 1.04. The van der Waals surface area contributed by atoms with E-state index < -0.39 is 0 Å². The molecule has 1 rings (SSSR count). The van der Waals surface area contributed by atoms with Crippen LogP contribution in [-0.2, 0) is 0 Å². The van der Waals surface area contributed by atoms with Gasteiger partial charge in [-0.1, -0.05) is 20.3 Å². The van der Waals surface area contributed by atoms with Gasteiger partial charge in [-0.3, -0.25) is 19.6 Å². The molecule has 1 aliphatic rings. The highest BCUT2D eigenvalue weighted by Crippen LogP contribution is 1.98. The topological polar surface area (TPSA) is 13.0 Å². The van der Waals surface area contributed by atoms with Crippen molar-refractivity contribution in [1.29, 1.82) is 0 Å². The van der Waals surface area contributed by atoms with Gasteiger partial charge in [-0.15, -0.1) is 0 Å². The zero-order valence-corrected chi connectivity index (χ0v) is 11.3. The largest absolute Gasteiger partial charge is 0.280 e. The molecular weight excluding hydrogens is 188 g/mol. The molecule has 0 radical (unpaired) electrons. The van der Waals surface area contributed by atoms with Crippen LogP contribution in [0.5, 0.6) is 0 Å². The van der Waals surface area contributed by atoms with E-state index in [1.165, 1.54) is 6.42 Å². The normalized spacial score (nSPS) is 22.8. The monoisotopic (exact) mass is 216 g/mol. The zero-order valence-electron chi connectivity index (χ0n) is 11.3. The van der Waals surface area contributed by atoms with Crippen molar-refractivity contribution in [2.45, 2.75) is 20.3 Å². The minimum absolute atomic E-state index is 1.04.